The Morgan fingerprint density at radius 2 is 2.12 bits per heavy atom. The second-order valence-electron chi connectivity index (χ2n) is 6.51. The highest BCUT2D eigenvalue weighted by atomic mass is 16.1. The molecule has 1 aromatic carbocycles. The predicted octanol–water partition coefficient (Wildman–Crippen LogP) is 3.56. The van der Waals surface area contributed by atoms with Crippen molar-refractivity contribution in [2.75, 3.05) is 19.6 Å². The number of nitrogens with one attached hydrogen (secondary N) is 1. The predicted molar refractivity (Wildman–Crippen MR) is 99.5 cm³/mol. The van der Waals surface area contributed by atoms with E-state index in [2.05, 4.69) is 28.4 Å². The molecule has 3 nitrogen and oxygen atoms in total. The van der Waals surface area contributed by atoms with Crippen molar-refractivity contribution in [3.63, 3.8) is 0 Å². The van der Waals surface area contributed by atoms with Crippen molar-refractivity contribution in [3.8, 4) is 0 Å². The monoisotopic (exact) mass is 322 g/mol. The Kier molecular flexibility index (Phi) is 6.02. The van der Waals surface area contributed by atoms with Crippen molar-refractivity contribution in [3.05, 3.63) is 65.8 Å². The van der Waals surface area contributed by atoms with Crippen LogP contribution in [0.5, 0.6) is 0 Å². The number of carbonyl (C=O) groups excluding carboxylic acids is 1. The van der Waals surface area contributed by atoms with Crippen molar-refractivity contribution >= 4 is 12.0 Å². The molecule has 126 valence electrons. The minimum Gasteiger partial charge on any atom is -0.349 e. The van der Waals surface area contributed by atoms with Crippen LogP contribution in [0.3, 0.4) is 0 Å². The maximum atomic E-state index is 12.0. The summed E-state index contributed by atoms with van der Waals surface area (Å²) in [4.78, 5) is 14.5. The van der Waals surface area contributed by atoms with E-state index >= 15 is 0 Å². The molecule has 1 atom stereocenters. The number of nitrogens with zero attached hydrogens (tertiary/aromatic N) is 1. The number of allylic oxidation sites excluding steroid dienone is 1. The third-order valence-corrected chi connectivity index (χ3v) is 4.67. The van der Waals surface area contributed by atoms with Crippen LogP contribution in [0.25, 0.3) is 6.08 Å². The lowest BCUT2D eigenvalue weighted by Gasteiger charge is -2.34. The third kappa shape index (κ3) is 4.93. The Hall–Kier alpha value is -2.13. The molecule has 0 radical (unpaired) electrons. The molecule has 0 saturated heterocycles. The fourth-order valence-corrected chi connectivity index (χ4v) is 3.34. The fourth-order valence-electron chi connectivity index (χ4n) is 3.34. The minimum atomic E-state index is -0.0329. The fraction of sp³-hybridized carbons (Fsp3) is 0.381. The Morgan fingerprint density at radius 1 is 1.25 bits per heavy atom. The summed E-state index contributed by atoms with van der Waals surface area (Å²) < 4.78 is 0. The Morgan fingerprint density at radius 3 is 2.92 bits per heavy atom. The summed E-state index contributed by atoms with van der Waals surface area (Å²) in [7, 11) is 0. The van der Waals surface area contributed by atoms with Crippen molar-refractivity contribution in [1.82, 2.24) is 10.2 Å². The van der Waals surface area contributed by atoms with Crippen LogP contribution in [-0.2, 0) is 4.79 Å². The third-order valence-electron chi connectivity index (χ3n) is 4.67. The molecule has 2 aliphatic rings. The van der Waals surface area contributed by atoms with E-state index in [0.29, 0.717) is 12.6 Å². The highest BCUT2D eigenvalue weighted by Gasteiger charge is 2.20. The summed E-state index contributed by atoms with van der Waals surface area (Å²) in [5.74, 6) is -0.0329. The van der Waals surface area contributed by atoms with Crippen molar-refractivity contribution < 1.29 is 4.79 Å². The number of amides is 1. The van der Waals surface area contributed by atoms with E-state index in [4.69, 9.17) is 0 Å². The van der Waals surface area contributed by atoms with Gasteiger partial charge >= 0.3 is 0 Å². The Balaban J connectivity index is 1.46. The molecule has 3 heteroatoms. The zero-order chi connectivity index (χ0) is 16.6. The van der Waals surface area contributed by atoms with Crippen LogP contribution in [0.15, 0.2) is 60.2 Å². The van der Waals surface area contributed by atoms with Gasteiger partial charge in [-0.25, -0.2) is 0 Å². The Bertz CT molecular complexity index is 630. The number of hydrogen-bond donors (Lipinski definition) is 1. The van der Waals surface area contributed by atoms with Gasteiger partial charge in [0.05, 0.1) is 0 Å². The first-order valence-electron chi connectivity index (χ1n) is 8.91. The van der Waals surface area contributed by atoms with Crippen molar-refractivity contribution in [2.24, 2.45) is 0 Å². The van der Waals surface area contributed by atoms with Gasteiger partial charge in [0.2, 0.25) is 5.91 Å². The van der Waals surface area contributed by atoms with Gasteiger partial charge in [-0.05, 0) is 42.9 Å². The van der Waals surface area contributed by atoms with Gasteiger partial charge in [0, 0.05) is 31.8 Å². The molecule has 1 aliphatic heterocycles. The van der Waals surface area contributed by atoms with Gasteiger partial charge in [-0.15, -0.1) is 0 Å². The lowest BCUT2D eigenvalue weighted by Crippen LogP contribution is -2.40. The summed E-state index contributed by atoms with van der Waals surface area (Å²) >= 11 is 0. The van der Waals surface area contributed by atoms with E-state index in [-0.39, 0.29) is 5.91 Å². The van der Waals surface area contributed by atoms with Gasteiger partial charge in [-0.2, -0.15) is 0 Å². The number of benzene rings is 1. The lowest BCUT2D eigenvalue weighted by atomic mass is 9.99. The average molecular weight is 322 g/mol. The smallest absolute Gasteiger partial charge is 0.244 e. The molecule has 1 heterocycles. The van der Waals surface area contributed by atoms with Crippen LogP contribution in [0.1, 0.15) is 31.2 Å². The summed E-state index contributed by atoms with van der Waals surface area (Å²) in [6.07, 6.45) is 15.3. The molecule has 24 heavy (non-hydrogen) atoms. The minimum absolute atomic E-state index is 0.0329. The topological polar surface area (TPSA) is 32.3 Å². The molecule has 0 saturated carbocycles. The van der Waals surface area contributed by atoms with E-state index in [1.807, 2.05) is 36.4 Å². The molecule has 1 amide bonds. The van der Waals surface area contributed by atoms with Gasteiger partial charge in [0.25, 0.3) is 0 Å². The number of hydrogen-bond acceptors (Lipinski definition) is 2. The molecule has 0 spiro atoms. The summed E-state index contributed by atoms with van der Waals surface area (Å²) in [5, 5.41) is 3.01. The number of rotatable bonds is 5. The average Bonchev–Trinajstić information content (AvgIpc) is 2.66. The van der Waals surface area contributed by atoms with Gasteiger partial charge in [-0.1, -0.05) is 48.6 Å². The Labute approximate surface area is 144 Å². The van der Waals surface area contributed by atoms with E-state index in [1.165, 1.54) is 24.8 Å². The number of carbonyl (C=O) groups is 1. The largest absolute Gasteiger partial charge is 0.349 e. The second kappa shape index (κ2) is 8.65. The molecule has 1 aliphatic carbocycles. The van der Waals surface area contributed by atoms with E-state index in [0.717, 1.165) is 25.1 Å². The molecule has 1 N–H and O–H groups in total. The van der Waals surface area contributed by atoms with Crippen LogP contribution in [0.4, 0.5) is 0 Å². The quantitative estimate of drug-likeness (QED) is 0.664. The van der Waals surface area contributed by atoms with Gasteiger partial charge in [0.1, 0.15) is 0 Å². The molecular formula is C21H26N2O. The normalized spacial score (nSPS) is 21.7. The molecule has 0 unspecified atom stereocenters. The first-order valence-corrected chi connectivity index (χ1v) is 8.91. The summed E-state index contributed by atoms with van der Waals surface area (Å²) in [6.45, 7) is 2.74. The lowest BCUT2D eigenvalue weighted by molar-refractivity contribution is -0.116. The zero-order valence-electron chi connectivity index (χ0n) is 14.2. The van der Waals surface area contributed by atoms with Gasteiger partial charge < -0.3 is 5.32 Å². The maximum Gasteiger partial charge on any atom is 0.244 e. The van der Waals surface area contributed by atoms with Crippen molar-refractivity contribution in [2.45, 2.75) is 31.7 Å². The SMILES string of the molecule is O=C(/C=C/c1ccccc1)NCC1=CCCN([C@H]2C=CCCC2)C1. The second-order valence-corrected chi connectivity index (χ2v) is 6.51. The maximum absolute atomic E-state index is 12.0. The van der Waals surface area contributed by atoms with E-state index in [1.54, 1.807) is 6.08 Å². The molecule has 0 bridgehead atoms. The van der Waals surface area contributed by atoms with Crippen molar-refractivity contribution in [1.29, 1.82) is 0 Å². The van der Waals surface area contributed by atoms with E-state index in [9.17, 15) is 4.79 Å². The van der Waals surface area contributed by atoms with Crippen LogP contribution < -0.4 is 5.32 Å². The molecule has 0 aromatic heterocycles. The van der Waals surface area contributed by atoms with Crippen LogP contribution in [0.2, 0.25) is 0 Å². The van der Waals surface area contributed by atoms with E-state index < -0.39 is 0 Å². The van der Waals surface area contributed by atoms with Crippen LogP contribution >= 0.6 is 0 Å². The highest BCUT2D eigenvalue weighted by molar-refractivity contribution is 5.91. The molecule has 1 aromatic rings. The van der Waals surface area contributed by atoms with Crippen LogP contribution in [0, 0.1) is 0 Å². The standard InChI is InChI=1S/C21H26N2O/c24-21(14-13-18-8-3-1-4-9-18)22-16-19-10-7-15-23(17-19)20-11-5-2-6-12-20/h1,3-5,8-11,13-14,20H,2,6-7,12,15-17H2,(H,22,24)/b14-13+/t20-/m0/s1. The first-order chi connectivity index (χ1) is 11.8. The van der Waals surface area contributed by atoms with Crippen LogP contribution in [-0.4, -0.2) is 36.5 Å². The zero-order valence-corrected chi connectivity index (χ0v) is 14.2. The van der Waals surface area contributed by atoms with Gasteiger partial charge in [0.15, 0.2) is 0 Å². The molecule has 0 fully saturated rings. The first kappa shape index (κ1) is 16.7. The molecule has 3 rings (SSSR count). The summed E-state index contributed by atoms with van der Waals surface area (Å²) in [5.41, 5.74) is 2.36. The van der Waals surface area contributed by atoms with Gasteiger partial charge in [-0.3, -0.25) is 9.69 Å². The summed E-state index contributed by atoms with van der Waals surface area (Å²) in [6, 6.07) is 10.5. The highest BCUT2D eigenvalue weighted by Crippen LogP contribution is 2.20. The molecular weight excluding hydrogens is 296 g/mol.